The maximum Gasteiger partial charge on any atom is 0.270 e. The van der Waals surface area contributed by atoms with Crippen LogP contribution in [0.2, 0.25) is 5.02 Å². The number of carbonyl (C=O) groups excluding carboxylic acids is 1. The second-order valence-corrected chi connectivity index (χ2v) is 6.15. The number of nitro benzene ring substituents is 1. The molecule has 1 heterocycles. The van der Waals surface area contributed by atoms with Crippen molar-refractivity contribution in [1.29, 1.82) is 0 Å². The van der Waals surface area contributed by atoms with Gasteiger partial charge >= 0.3 is 0 Å². The van der Waals surface area contributed by atoms with E-state index >= 15 is 0 Å². The van der Waals surface area contributed by atoms with Crippen molar-refractivity contribution in [2.75, 3.05) is 25.0 Å². The second kappa shape index (κ2) is 6.59. The first-order valence-electron chi connectivity index (χ1n) is 7.49. The predicted molar refractivity (Wildman–Crippen MR) is 92.6 cm³/mol. The van der Waals surface area contributed by atoms with Crippen LogP contribution in [-0.4, -0.2) is 35.9 Å². The van der Waals surface area contributed by atoms with Gasteiger partial charge in [0.05, 0.1) is 15.5 Å². The number of amides is 1. The lowest BCUT2D eigenvalue weighted by molar-refractivity contribution is -0.384. The molecule has 2 aromatic rings. The maximum atomic E-state index is 13.0. The highest BCUT2D eigenvalue weighted by molar-refractivity contribution is 6.34. The van der Waals surface area contributed by atoms with Gasteiger partial charge in [-0.25, -0.2) is 0 Å². The van der Waals surface area contributed by atoms with Gasteiger partial charge in [-0.3, -0.25) is 14.9 Å². The van der Waals surface area contributed by atoms with Crippen molar-refractivity contribution in [2.45, 2.75) is 6.54 Å². The first-order chi connectivity index (χ1) is 11.5. The van der Waals surface area contributed by atoms with Crippen LogP contribution in [0.1, 0.15) is 15.9 Å². The standard InChI is InChI=1S/C17H16ClN3O3/c1-19-8-9-20(16-5-3-2-4-12(16)11-19)17(22)14-7-6-13(21(23)24)10-15(14)18/h2-7,10H,8-9,11H2,1H3. The van der Waals surface area contributed by atoms with Gasteiger partial charge in [-0.1, -0.05) is 29.8 Å². The van der Waals surface area contributed by atoms with E-state index in [4.69, 9.17) is 11.6 Å². The van der Waals surface area contributed by atoms with Gasteiger partial charge in [0.15, 0.2) is 0 Å². The van der Waals surface area contributed by atoms with E-state index in [9.17, 15) is 14.9 Å². The summed E-state index contributed by atoms with van der Waals surface area (Å²) in [5.41, 5.74) is 2.04. The molecule has 1 aliphatic heterocycles. The van der Waals surface area contributed by atoms with E-state index in [1.807, 2.05) is 31.3 Å². The normalized spacial score (nSPS) is 14.8. The summed E-state index contributed by atoms with van der Waals surface area (Å²) in [6.45, 7) is 2.01. The number of hydrogen-bond acceptors (Lipinski definition) is 4. The molecule has 0 aromatic heterocycles. The number of nitrogens with zero attached hydrogens (tertiary/aromatic N) is 3. The molecule has 2 aromatic carbocycles. The molecular formula is C17H16ClN3O3. The smallest absolute Gasteiger partial charge is 0.270 e. The van der Waals surface area contributed by atoms with E-state index in [0.29, 0.717) is 6.54 Å². The lowest BCUT2D eigenvalue weighted by Gasteiger charge is -2.23. The van der Waals surface area contributed by atoms with Gasteiger partial charge in [0.2, 0.25) is 0 Å². The fourth-order valence-corrected chi connectivity index (χ4v) is 3.07. The number of non-ortho nitro benzene ring substituents is 1. The van der Waals surface area contributed by atoms with Crippen molar-refractivity contribution < 1.29 is 9.72 Å². The van der Waals surface area contributed by atoms with Gasteiger partial charge in [0.1, 0.15) is 0 Å². The average Bonchev–Trinajstić information content (AvgIpc) is 2.72. The van der Waals surface area contributed by atoms with Crippen LogP contribution >= 0.6 is 11.6 Å². The number of rotatable bonds is 2. The summed E-state index contributed by atoms with van der Waals surface area (Å²) in [6.07, 6.45) is 0. The molecule has 0 saturated heterocycles. The minimum Gasteiger partial charge on any atom is -0.307 e. The quantitative estimate of drug-likeness (QED) is 0.618. The summed E-state index contributed by atoms with van der Waals surface area (Å²) in [5.74, 6) is -0.252. The third kappa shape index (κ3) is 3.11. The van der Waals surface area contributed by atoms with E-state index < -0.39 is 4.92 Å². The Bertz CT molecular complexity index is 809. The van der Waals surface area contributed by atoms with E-state index in [2.05, 4.69) is 4.90 Å². The Morgan fingerprint density at radius 1 is 1.21 bits per heavy atom. The average molecular weight is 346 g/mol. The van der Waals surface area contributed by atoms with E-state index in [0.717, 1.165) is 24.3 Å². The van der Waals surface area contributed by atoms with Gasteiger partial charge in [0, 0.05) is 37.5 Å². The SMILES string of the molecule is CN1CCN(C(=O)c2ccc([N+](=O)[O-])cc2Cl)c2ccccc2C1. The van der Waals surface area contributed by atoms with Gasteiger partial charge in [-0.05, 0) is 24.7 Å². The molecule has 0 fully saturated rings. The topological polar surface area (TPSA) is 66.7 Å². The lowest BCUT2D eigenvalue weighted by Crippen LogP contribution is -2.35. The number of halogens is 1. The lowest BCUT2D eigenvalue weighted by atomic mass is 10.1. The van der Waals surface area contributed by atoms with Crippen molar-refractivity contribution in [3.05, 3.63) is 68.7 Å². The summed E-state index contributed by atoms with van der Waals surface area (Å²) in [5, 5.41) is 10.9. The number of likely N-dealkylation sites (N-methyl/N-ethyl adjacent to an activating group) is 1. The van der Waals surface area contributed by atoms with Crippen LogP contribution in [0.4, 0.5) is 11.4 Å². The summed E-state index contributed by atoms with van der Waals surface area (Å²) in [4.78, 5) is 27.1. The Morgan fingerprint density at radius 3 is 2.67 bits per heavy atom. The summed E-state index contributed by atoms with van der Waals surface area (Å²) in [6, 6.07) is 11.7. The molecule has 1 amide bonds. The monoisotopic (exact) mass is 345 g/mol. The van der Waals surface area contributed by atoms with Crippen LogP contribution < -0.4 is 4.90 Å². The zero-order valence-corrected chi connectivity index (χ0v) is 13.9. The first-order valence-corrected chi connectivity index (χ1v) is 7.87. The zero-order chi connectivity index (χ0) is 17.3. The molecule has 124 valence electrons. The summed E-state index contributed by atoms with van der Waals surface area (Å²) in [7, 11) is 2.00. The molecule has 0 N–H and O–H groups in total. The Hall–Kier alpha value is -2.44. The molecule has 1 aliphatic rings. The van der Waals surface area contributed by atoms with Gasteiger partial charge in [-0.2, -0.15) is 0 Å². The number of para-hydroxylation sites is 1. The van der Waals surface area contributed by atoms with Crippen molar-refractivity contribution >= 4 is 28.9 Å². The van der Waals surface area contributed by atoms with Crippen LogP contribution in [0, 0.1) is 10.1 Å². The zero-order valence-electron chi connectivity index (χ0n) is 13.1. The van der Waals surface area contributed by atoms with Crippen LogP contribution in [0.25, 0.3) is 0 Å². The van der Waals surface area contributed by atoms with Gasteiger partial charge < -0.3 is 9.80 Å². The third-order valence-corrected chi connectivity index (χ3v) is 4.38. The molecule has 0 atom stereocenters. The maximum absolute atomic E-state index is 13.0. The minimum absolute atomic E-state index is 0.0873. The van der Waals surface area contributed by atoms with Crippen LogP contribution in [0.5, 0.6) is 0 Å². The molecule has 0 unspecified atom stereocenters. The first kappa shape index (κ1) is 16.4. The highest BCUT2D eigenvalue weighted by atomic mass is 35.5. The summed E-state index contributed by atoms with van der Waals surface area (Å²) >= 11 is 6.12. The van der Waals surface area contributed by atoms with Crippen molar-refractivity contribution in [2.24, 2.45) is 0 Å². The molecule has 7 heteroatoms. The molecule has 6 nitrogen and oxygen atoms in total. The molecule has 0 bridgehead atoms. The van der Waals surface area contributed by atoms with Crippen LogP contribution in [-0.2, 0) is 6.54 Å². The van der Waals surface area contributed by atoms with Crippen molar-refractivity contribution in [1.82, 2.24) is 4.90 Å². The molecule has 0 radical (unpaired) electrons. The Balaban J connectivity index is 1.99. The number of nitro groups is 1. The molecule has 3 rings (SSSR count). The number of anilines is 1. The van der Waals surface area contributed by atoms with Gasteiger partial charge in [0.25, 0.3) is 11.6 Å². The highest BCUT2D eigenvalue weighted by Crippen LogP contribution is 2.29. The van der Waals surface area contributed by atoms with E-state index in [-0.39, 0.29) is 22.2 Å². The van der Waals surface area contributed by atoms with Crippen LogP contribution in [0.15, 0.2) is 42.5 Å². The number of fused-ring (bicyclic) bond motifs is 1. The van der Waals surface area contributed by atoms with Gasteiger partial charge in [-0.15, -0.1) is 0 Å². The second-order valence-electron chi connectivity index (χ2n) is 5.74. The Labute approximate surface area is 144 Å². The Morgan fingerprint density at radius 2 is 1.96 bits per heavy atom. The van der Waals surface area contributed by atoms with Crippen molar-refractivity contribution in [3.63, 3.8) is 0 Å². The van der Waals surface area contributed by atoms with E-state index in [1.54, 1.807) is 4.90 Å². The number of hydrogen-bond donors (Lipinski definition) is 0. The fourth-order valence-electron chi connectivity index (χ4n) is 2.82. The summed E-state index contributed by atoms with van der Waals surface area (Å²) < 4.78 is 0. The Kier molecular flexibility index (Phi) is 4.51. The van der Waals surface area contributed by atoms with E-state index in [1.165, 1.54) is 18.2 Å². The third-order valence-electron chi connectivity index (χ3n) is 4.07. The van der Waals surface area contributed by atoms with Crippen molar-refractivity contribution in [3.8, 4) is 0 Å². The number of benzene rings is 2. The largest absolute Gasteiger partial charge is 0.307 e. The molecule has 0 saturated carbocycles. The minimum atomic E-state index is -0.531. The predicted octanol–water partition coefficient (Wildman–Crippen LogP) is 3.34. The number of carbonyl (C=O) groups is 1. The molecular weight excluding hydrogens is 330 g/mol. The molecule has 24 heavy (non-hydrogen) atoms. The molecule has 0 spiro atoms. The highest BCUT2D eigenvalue weighted by Gasteiger charge is 2.25. The van der Waals surface area contributed by atoms with Crippen LogP contribution in [0.3, 0.4) is 0 Å². The fraction of sp³-hybridized carbons (Fsp3) is 0.235. The molecule has 0 aliphatic carbocycles.